The lowest BCUT2D eigenvalue weighted by atomic mass is 10.1. The third kappa shape index (κ3) is 5.10. The average molecular weight is 486 g/mol. The largest absolute Gasteiger partial charge is 0.495 e. The molecule has 2 heterocycles. The van der Waals surface area contributed by atoms with Gasteiger partial charge in [0.15, 0.2) is 0 Å². The molecule has 2 aliphatic heterocycles. The van der Waals surface area contributed by atoms with Gasteiger partial charge in [0.25, 0.3) is 0 Å². The minimum Gasteiger partial charge on any atom is -0.495 e. The van der Waals surface area contributed by atoms with Crippen LogP contribution in [0.4, 0.5) is 11.4 Å². The molecule has 0 saturated carbocycles. The van der Waals surface area contributed by atoms with Gasteiger partial charge in [-0.3, -0.25) is 9.59 Å². The Morgan fingerprint density at radius 3 is 2.35 bits per heavy atom. The van der Waals surface area contributed by atoms with E-state index in [1.165, 1.54) is 12.1 Å². The second-order valence-electron chi connectivity index (χ2n) is 8.91. The molecule has 182 valence electrons. The third-order valence-corrected chi connectivity index (χ3v) is 8.36. The molecular weight excluding hydrogens is 454 g/mol. The van der Waals surface area contributed by atoms with E-state index in [2.05, 4.69) is 5.32 Å². The summed E-state index contributed by atoms with van der Waals surface area (Å²) < 4.78 is 32.8. The van der Waals surface area contributed by atoms with Crippen molar-refractivity contribution in [1.82, 2.24) is 4.31 Å². The molecule has 0 radical (unpaired) electrons. The quantitative estimate of drug-likeness (QED) is 0.675. The number of nitrogens with one attached hydrogen (secondary N) is 1. The van der Waals surface area contributed by atoms with Crippen molar-refractivity contribution >= 4 is 33.2 Å². The Kier molecular flexibility index (Phi) is 7.23. The molecule has 2 aromatic carbocycles. The van der Waals surface area contributed by atoms with Gasteiger partial charge in [-0.15, -0.1) is 0 Å². The number of amides is 2. The Labute approximate surface area is 200 Å². The SMILES string of the molecule is COc1ccc(C)cc1N1CC(C(=O)Nc2ccc(S(=O)(=O)N3CCCCCC3)cc2)CC1=O. The number of carbonyl (C=O) groups is 2. The summed E-state index contributed by atoms with van der Waals surface area (Å²) in [7, 11) is -1.99. The lowest BCUT2D eigenvalue weighted by Crippen LogP contribution is -2.32. The zero-order valence-electron chi connectivity index (χ0n) is 19.6. The van der Waals surface area contributed by atoms with Crippen LogP contribution in [0.5, 0.6) is 5.75 Å². The van der Waals surface area contributed by atoms with Crippen LogP contribution in [0.15, 0.2) is 47.4 Å². The fourth-order valence-electron chi connectivity index (χ4n) is 4.51. The molecule has 1 unspecified atom stereocenters. The van der Waals surface area contributed by atoms with Gasteiger partial charge >= 0.3 is 0 Å². The fourth-order valence-corrected chi connectivity index (χ4v) is 6.03. The van der Waals surface area contributed by atoms with Crippen LogP contribution in [0.25, 0.3) is 0 Å². The van der Waals surface area contributed by atoms with Crippen molar-refractivity contribution in [3.8, 4) is 5.75 Å². The fraction of sp³-hybridized carbons (Fsp3) is 0.440. The number of hydrogen-bond donors (Lipinski definition) is 1. The van der Waals surface area contributed by atoms with Crippen LogP contribution >= 0.6 is 0 Å². The predicted octanol–water partition coefficient (Wildman–Crippen LogP) is 3.56. The van der Waals surface area contributed by atoms with E-state index >= 15 is 0 Å². The maximum Gasteiger partial charge on any atom is 0.243 e. The molecule has 34 heavy (non-hydrogen) atoms. The van der Waals surface area contributed by atoms with Crippen molar-refractivity contribution in [2.45, 2.75) is 43.9 Å². The Balaban J connectivity index is 1.42. The van der Waals surface area contributed by atoms with Gasteiger partial charge in [-0.25, -0.2) is 8.42 Å². The van der Waals surface area contributed by atoms with Crippen LogP contribution in [0.3, 0.4) is 0 Å². The van der Waals surface area contributed by atoms with Gasteiger partial charge in [-0.05, 0) is 61.7 Å². The van der Waals surface area contributed by atoms with Gasteiger partial charge in [0.1, 0.15) is 5.75 Å². The van der Waals surface area contributed by atoms with Gasteiger partial charge in [-0.1, -0.05) is 18.9 Å². The molecule has 2 aromatic rings. The lowest BCUT2D eigenvalue weighted by Gasteiger charge is -2.20. The summed E-state index contributed by atoms with van der Waals surface area (Å²) in [4.78, 5) is 27.4. The summed E-state index contributed by atoms with van der Waals surface area (Å²) >= 11 is 0. The summed E-state index contributed by atoms with van der Waals surface area (Å²) in [6.45, 7) is 3.27. The minimum absolute atomic E-state index is 0.102. The van der Waals surface area contributed by atoms with Crippen molar-refractivity contribution in [2.24, 2.45) is 5.92 Å². The molecule has 2 fully saturated rings. The first-order chi connectivity index (χ1) is 16.3. The molecule has 1 N–H and O–H groups in total. The molecule has 2 aliphatic rings. The topological polar surface area (TPSA) is 96.0 Å². The molecule has 1 atom stereocenters. The third-order valence-electron chi connectivity index (χ3n) is 6.45. The molecule has 0 spiro atoms. The lowest BCUT2D eigenvalue weighted by molar-refractivity contribution is -0.122. The zero-order valence-corrected chi connectivity index (χ0v) is 20.4. The van der Waals surface area contributed by atoms with Crippen LogP contribution in [-0.2, 0) is 19.6 Å². The minimum atomic E-state index is -3.54. The molecule has 9 heteroatoms. The van der Waals surface area contributed by atoms with Gasteiger partial charge in [0.05, 0.1) is 23.6 Å². The van der Waals surface area contributed by atoms with Crippen LogP contribution in [-0.4, -0.2) is 51.3 Å². The van der Waals surface area contributed by atoms with Crippen molar-refractivity contribution in [3.05, 3.63) is 48.0 Å². The summed E-state index contributed by atoms with van der Waals surface area (Å²) in [5, 5.41) is 2.83. The second kappa shape index (κ2) is 10.1. The number of anilines is 2. The molecular formula is C25H31N3O5S. The highest BCUT2D eigenvalue weighted by molar-refractivity contribution is 7.89. The molecule has 2 amide bonds. The molecule has 0 aromatic heterocycles. The number of nitrogens with zero attached hydrogens (tertiary/aromatic N) is 2. The Bertz CT molecular complexity index is 1160. The van der Waals surface area contributed by atoms with Crippen LogP contribution in [0, 0.1) is 12.8 Å². The van der Waals surface area contributed by atoms with Gasteiger partial charge in [0.2, 0.25) is 21.8 Å². The number of methoxy groups -OCH3 is 1. The number of rotatable bonds is 6. The molecule has 0 bridgehead atoms. The van der Waals surface area contributed by atoms with Crippen LogP contribution in [0.2, 0.25) is 0 Å². The highest BCUT2D eigenvalue weighted by atomic mass is 32.2. The van der Waals surface area contributed by atoms with E-state index in [9.17, 15) is 18.0 Å². The van der Waals surface area contributed by atoms with E-state index in [1.807, 2.05) is 25.1 Å². The van der Waals surface area contributed by atoms with Crippen molar-refractivity contribution in [2.75, 3.05) is 37.0 Å². The van der Waals surface area contributed by atoms with Gasteiger partial charge < -0.3 is 15.0 Å². The zero-order chi connectivity index (χ0) is 24.3. The number of hydrogen-bond acceptors (Lipinski definition) is 5. The van der Waals surface area contributed by atoms with Crippen molar-refractivity contribution in [3.63, 3.8) is 0 Å². The highest BCUT2D eigenvalue weighted by Crippen LogP contribution is 2.34. The van der Waals surface area contributed by atoms with Crippen molar-refractivity contribution in [1.29, 1.82) is 0 Å². The maximum atomic E-state index is 13.0. The molecule has 0 aliphatic carbocycles. The monoisotopic (exact) mass is 485 g/mol. The molecule has 4 rings (SSSR count). The van der Waals surface area contributed by atoms with Gasteiger partial charge in [-0.2, -0.15) is 4.31 Å². The normalized spacial score (nSPS) is 19.6. The van der Waals surface area contributed by atoms with Gasteiger partial charge in [0, 0.05) is 31.7 Å². The summed E-state index contributed by atoms with van der Waals surface area (Å²) in [6, 6.07) is 11.8. The number of ether oxygens (including phenoxy) is 1. The average Bonchev–Trinajstić information content (AvgIpc) is 3.02. The maximum absolute atomic E-state index is 13.0. The molecule has 8 nitrogen and oxygen atoms in total. The predicted molar refractivity (Wildman–Crippen MR) is 130 cm³/mol. The summed E-state index contributed by atoms with van der Waals surface area (Å²) in [5.74, 6) is -0.340. The standard InChI is InChI=1S/C25H31N3O5S/c1-18-7-12-23(33-2)22(15-18)28-17-19(16-24(28)29)25(30)26-20-8-10-21(11-9-20)34(31,32)27-13-5-3-4-6-14-27/h7-12,15,19H,3-6,13-14,16-17H2,1-2H3,(H,26,30). The molecule has 2 saturated heterocycles. The highest BCUT2D eigenvalue weighted by Gasteiger charge is 2.36. The first-order valence-corrected chi connectivity index (χ1v) is 13.1. The van der Waals surface area contributed by atoms with E-state index in [0.717, 1.165) is 31.2 Å². The van der Waals surface area contributed by atoms with E-state index in [0.29, 0.717) is 30.2 Å². The first kappa shape index (κ1) is 24.2. The number of carbonyl (C=O) groups excluding carboxylic acids is 2. The summed E-state index contributed by atoms with van der Waals surface area (Å²) in [5.41, 5.74) is 2.15. The van der Waals surface area contributed by atoms with E-state index in [4.69, 9.17) is 4.74 Å². The smallest absolute Gasteiger partial charge is 0.243 e. The first-order valence-electron chi connectivity index (χ1n) is 11.7. The van der Waals surface area contributed by atoms with E-state index < -0.39 is 15.9 Å². The Morgan fingerprint density at radius 1 is 1.03 bits per heavy atom. The second-order valence-corrected chi connectivity index (χ2v) is 10.9. The number of sulfonamides is 1. The Morgan fingerprint density at radius 2 is 1.71 bits per heavy atom. The Hall–Kier alpha value is -2.91. The van der Waals surface area contributed by atoms with E-state index in [-0.39, 0.29) is 29.7 Å². The summed E-state index contributed by atoms with van der Waals surface area (Å²) in [6.07, 6.45) is 3.95. The van der Waals surface area contributed by atoms with Crippen LogP contribution < -0.4 is 15.0 Å². The number of aryl methyl sites for hydroxylation is 1. The van der Waals surface area contributed by atoms with E-state index in [1.54, 1.807) is 28.4 Å². The van der Waals surface area contributed by atoms with Crippen LogP contribution in [0.1, 0.15) is 37.7 Å². The van der Waals surface area contributed by atoms with Crippen molar-refractivity contribution < 1.29 is 22.7 Å². The number of benzene rings is 2.